The number of nitrogens with zero attached hydrogens (tertiary/aromatic N) is 2. The van der Waals surface area contributed by atoms with Crippen molar-refractivity contribution in [2.45, 2.75) is 45.3 Å². The van der Waals surface area contributed by atoms with E-state index < -0.39 is 10.2 Å². The minimum absolute atomic E-state index is 0.0593. The van der Waals surface area contributed by atoms with Gasteiger partial charge in [-0.2, -0.15) is 17.0 Å². The summed E-state index contributed by atoms with van der Waals surface area (Å²) in [6.45, 7) is 4.09. The Morgan fingerprint density at radius 3 is 2.29 bits per heavy atom. The number of hydrogen-bond acceptors (Lipinski definition) is 3. The maximum atomic E-state index is 12.1. The van der Waals surface area contributed by atoms with E-state index in [1.165, 1.54) is 8.61 Å². The molecule has 0 radical (unpaired) electrons. The van der Waals surface area contributed by atoms with Crippen LogP contribution in [0.1, 0.15) is 33.1 Å². The highest BCUT2D eigenvalue weighted by Gasteiger charge is 2.32. The molecule has 0 bridgehead atoms. The SMILES string of the molecule is CC(C)N(C)S(=O)(=O)N(C)CC1CCCC1O. The third-order valence-corrected chi connectivity index (χ3v) is 5.68. The molecule has 1 aliphatic carbocycles. The highest BCUT2D eigenvalue weighted by Crippen LogP contribution is 2.27. The van der Waals surface area contributed by atoms with Crippen LogP contribution in [0.5, 0.6) is 0 Å². The van der Waals surface area contributed by atoms with E-state index in [-0.39, 0.29) is 18.1 Å². The van der Waals surface area contributed by atoms with Gasteiger partial charge < -0.3 is 5.11 Å². The molecule has 1 fully saturated rings. The molecule has 1 rings (SSSR count). The Labute approximate surface area is 105 Å². The Bertz CT molecular complexity index is 343. The zero-order valence-corrected chi connectivity index (χ0v) is 11.9. The van der Waals surface area contributed by atoms with Crippen molar-refractivity contribution in [3.63, 3.8) is 0 Å². The van der Waals surface area contributed by atoms with Crippen LogP contribution in [0, 0.1) is 5.92 Å². The van der Waals surface area contributed by atoms with Crippen LogP contribution >= 0.6 is 0 Å². The molecule has 5 nitrogen and oxygen atoms in total. The van der Waals surface area contributed by atoms with Crippen molar-refractivity contribution in [3.05, 3.63) is 0 Å². The number of hydrogen-bond donors (Lipinski definition) is 1. The van der Waals surface area contributed by atoms with Crippen LogP contribution in [0.3, 0.4) is 0 Å². The van der Waals surface area contributed by atoms with Crippen molar-refractivity contribution in [2.24, 2.45) is 5.92 Å². The van der Waals surface area contributed by atoms with Crippen molar-refractivity contribution in [2.75, 3.05) is 20.6 Å². The standard InChI is InChI=1S/C11H24N2O3S/c1-9(2)13(4)17(15,16)12(3)8-10-6-5-7-11(10)14/h9-11,14H,5-8H2,1-4H3. The minimum atomic E-state index is -3.39. The first-order valence-electron chi connectivity index (χ1n) is 6.14. The van der Waals surface area contributed by atoms with Gasteiger partial charge in [-0.1, -0.05) is 6.42 Å². The number of aliphatic hydroxyl groups excluding tert-OH is 1. The second-order valence-corrected chi connectivity index (χ2v) is 7.25. The van der Waals surface area contributed by atoms with E-state index in [1.54, 1.807) is 14.1 Å². The maximum Gasteiger partial charge on any atom is 0.281 e. The lowest BCUT2D eigenvalue weighted by Gasteiger charge is -2.29. The number of rotatable bonds is 5. The molecule has 17 heavy (non-hydrogen) atoms. The van der Waals surface area contributed by atoms with E-state index in [1.807, 2.05) is 13.8 Å². The van der Waals surface area contributed by atoms with Crippen LogP contribution in [0.4, 0.5) is 0 Å². The summed E-state index contributed by atoms with van der Waals surface area (Å²) < 4.78 is 27.0. The second-order valence-electron chi connectivity index (χ2n) is 5.16. The topological polar surface area (TPSA) is 60.9 Å². The Kier molecular flexibility index (Phi) is 4.95. The second kappa shape index (κ2) is 5.65. The summed E-state index contributed by atoms with van der Waals surface area (Å²) in [5, 5.41) is 9.72. The summed E-state index contributed by atoms with van der Waals surface area (Å²) in [5.74, 6) is 0.0790. The summed E-state index contributed by atoms with van der Waals surface area (Å²) in [6, 6.07) is -0.0593. The fraction of sp³-hybridized carbons (Fsp3) is 1.00. The molecule has 0 amide bonds. The van der Waals surface area contributed by atoms with Gasteiger partial charge in [0, 0.05) is 26.7 Å². The molecule has 0 saturated heterocycles. The first-order chi connectivity index (χ1) is 7.76. The molecular formula is C11H24N2O3S. The minimum Gasteiger partial charge on any atom is -0.393 e. The molecule has 1 saturated carbocycles. The summed E-state index contributed by atoms with van der Waals surface area (Å²) in [6.07, 6.45) is 2.34. The molecule has 6 heteroatoms. The average molecular weight is 264 g/mol. The molecule has 102 valence electrons. The first kappa shape index (κ1) is 14.9. The van der Waals surface area contributed by atoms with E-state index in [4.69, 9.17) is 0 Å². The highest BCUT2D eigenvalue weighted by atomic mass is 32.2. The fourth-order valence-corrected chi connectivity index (χ4v) is 3.49. The van der Waals surface area contributed by atoms with Crippen molar-refractivity contribution < 1.29 is 13.5 Å². The van der Waals surface area contributed by atoms with Crippen molar-refractivity contribution in [3.8, 4) is 0 Å². The van der Waals surface area contributed by atoms with Crippen LogP contribution in [-0.2, 0) is 10.2 Å². The van der Waals surface area contributed by atoms with Crippen LogP contribution in [-0.4, -0.2) is 54.9 Å². The van der Waals surface area contributed by atoms with Gasteiger partial charge in [-0.15, -0.1) is 0 Å². The lowest BCUT2D eigenvalue weighted by Crippen LogP contribution is -2.45. The van der Waals surface area contributed by atoms with Crippen molar-refractivity contribution >= 4 is 10.2 Å². The van der Waals surface area contributed by atoms with Crippen LogP contribution in [0.25, 0.3) is 0 Å². The van der Waals surface area contributed by atoms with E-state index in [0.29, 0.717) is 6.54 Å². The maximum absolute atomic E-state index is 12.1. The Hall–Kier alpha value is -0.170. The molecular weight excluding hydrogens is 240 g/mol. The smallest absolute Gasteiger partial charge is 0.281 e. The van der Waals surface area contributed by atoms with Gasteiger partial charge in [0.2, 0.25) is 0 Å². The zero-order valence-electron chi connectivity index (χ0n) is 11.1. The van der Waals surface area contributed by atoms with Gasteiger partial charge in [0.15, 0.2) is 0 Å². The Morgan fingerprint density at radius 1 is 1.29 bits per heavy atom. The summed E-state index contributed by atoms with van der Waals surface area (Å²) in [5.41, 5.74) is 0. The summed E-state index contributed by atoms with van der Waals surface area (Å²) in [7, 11) is -0.226. The largest absolute Gasteiger partial charge is 0.393 e. The van der Waals surface area contributed by atoms with Gasteiger partial charge in [0.05, 0.1) is 6.10 Å². The van der Waals surface area contributed by atoms with Crippen molar-refractivity contribution in [1.29, 1.82) is 0 Å². The summed E-state index contributed by atoms with van der Waals surface area (Å²) in [4.78, 5) is 0. The fourth-order valence-electron chi connectivity index (χ4n) is 2.14. The molecule has 0 aromatic heterocycles. The van der Waals surface area contributed by atoms with Gasteiger partial charge in [0.25, 0.3) is 10.2 Å². The number of aliphatic hydroxyl groups is 1. The van der Waals surface area contributed by atoms with E-state index >= 15 is 0 Å². The Balaban J connectivity index is 2.66. The lowest BCUT2D eigenvalue weighted by atomic mass is 10.1. The molecule has 0 aromatic carbocycles. The molecule has 0 heterocycles. The van der Waals surface area contributed by atoms with E-state index in [0.717, 1.165) is 19.3 Å². The molecule has 1 aliphatic rings. The molecule has 1 N–H and O–H groups in total. The van der Waals surface area contributed by atoms with Gasteiger partial charge >= 0.3 is 0 Å². The van der Waals surface area contributed by atoms with E-state index in [2.05, 4.69) is 0 Å². The highest BCUT2D eigenvalue weighted by molar-refractivity contribution is 7.86. The molecule has 0 aromatic rings. The lowest BCUT2D eigenvalue weighted by molar-refractivity contribution is 0.122. The predicted octanol–water partition coefficient (Wildman–Crippen LogP) is 0.664. The van der Waals surface area contributed by atoms with Crippen molar-refractivity contribution in [1.82, 2.24) is 8.61 Å². The third-order valence-electron chi connectivity index (χ3n) is 3.60. The normalized spacial score (nSPS) is 26.4. The monoisotopic (exact) mass is 264 g/mol. The van der Waals surface area contributed by atoms with Crippen LogP contribution < -0.4 is 0 Å². The predicted molar refractivity (Wildman–Crippen MR) is 67.8 cm³/mol. The van der Waals surface area contributed by atoms with Crippen LogP contribution in [0.2, 0.25) is 0 Å². The zero-order chi connectivity index (χ0) is 13.2. The average Bonchev–Trinajstić information content (AvgIpc) is 2.63. The Morgan fingerprint density at radius 2 is 1.88 bits per heavy atom. The molecule has 0 spiro atoms. The van der Waals surface area contributed by atoms with Gasteiger partial charge in [-0.25, -0.2) is 0 Å². The molecule has 0 aliphatic heterocycles. The molecule has 2 atom stereocenters. The van der Waals surface area contributed by atoms with E-state index in [9.17, 15) is 13.5 Å². The van der Waals surface area contributed by atoms with Gasteiger partial charge in [0.1, 0.15) is 0 Å². The quantitative estimate of drug-likeness (QED) is 0.793. The summed E-state index contributed by atoms with van der Waals surface area (Å²) >= 11 is 0. The molecule has 2 unspecified atom stereocenters. The van der Waals surface area contributed by atoms with Crippen LogP contribution in [0.15, 0.2) is 0 Å². The third kappa shape index (κ3) is 3.40. The van der Waals surface area contributed by atoms with Gasteiger partial charge in [-0.05, 0) is 32.6 Å². The first-order valence-corrected chi connectivity index (χ1v) is 7.54. The van der Waals surface area contributed by atoms with Gasteiger partial charge in [-0.3, -0.25) is 0 Å².